The van der Waals surface area contributed by atoms with E-state index in [1.807, 2.05) is 25.1 Å². The summed E-state index contributed by atoms with van der Waals surface area (Å²) in [4.78, 5) is 22.8. The van der Waals surface area contributed by atoms with E-state index in [1.54, 1.807) is 18.2 Å². The summed E-state index contributed by atoms with van der Waals surface area (Å²) in [6.45, 7) is 0. The molecule has 3 aromatic heterocycles. The lowest BCUT2D eigenvalue weighted by Crippen LogP contribution is -2.10. The first kappa shape index (κ1) is 22.8. The lowest BCUT2D eigenvalue weighted by atomic mass is 10.2. The summed E-state index contributed by atoms with van der Waals surface area (Å²) in [5.41, 5.74) is 1.40. The lowest BCUT2D eigenvalue weighted by molar-refractivity contribution is 0.0551. The van der Waals surface area contributed by atoms with E-state index < -0.39 is 26.9 Å². The minimum atomic E-state index is -3.79. The number of carbonyl (C=O) groups is 1. The molecule has 3 heterocycles. The maximum atomic E-state index is 13.1. The van der Waals surface area contributed by atoms with Crippen molar-refractivity contribution >= 4 is 38.6 Å². The molecule has 33 heavy (non-hydrogen) atoms. The second-order valence-electron chi connectivity index (χ2n) is 7.32. The van der Waals surface area contributed by atoms with Gasteiger partial charge in [-0.05, 0) is 41.9 Å². The van der Waals surface area contributed by atoms with E-state index in [0.29, 0.717) is 16.1 Å². The molecule has 0 saturated carbocycles. The van der Waals surface area contributed by atoms with Crippen molar-refractivity contribution in [2.24, 2.45) is 4.36 Å². The van der Waals surface area contributed by atoms with Crippen molar-refractivity contribution in [3.63, 3.8) is 0 Å². The fraction of sp³-hybridized carbons (Fsp3) is 0.200. The van der Waals surface area contributed by atoms with E-state index in [4.69, 9.17) is 11.6 Å². The molecular weight excluding hydrogens is 478 g/mol. The standard InChI is InChI=1S/C20H17ClF2N6O3S/c1-28(2)13-5-4-6-14(10-13)33(3,31)27-18(30)15-11-29-8-7-12(9-16(29)24-15)17-25-19(32-26-17)20(21,22)23/h4-11H,1-3H3. The lowest BCUT2D eigenvalue weighted by Gasteiger charge is -2.13. The number of carbonyl (C=O) groups excluding carboxylic acids is 1. The van der Waals surface area contributed by atoms with Crippen LogP contribution < -0.4 is 4.90 Å². The van der Waals surface area contributed by atoms with Crippen LogP contribution in [0.4, 0.5) is 14.5 Å². The number of amides is 1. The Labute approximate surface area is 192 Å². The highest BCUT2D eigenvalue weighted by atomic mass is 35.5. The molecule has 0 aliphatic rings. The van der Waals surface area contributed by atoms with Crippen molar-refractivity contribution in [3.05, 3.63) is 60.4 Å². The Hall–Kier alpha value is -3.38. The van der Waals surface area contributed by atoms with Gasteiger partial charge in [0.15, 0.2) is 0 Å². The van der Waals surface area contributed by atoms with Gasteiger partial charge in [0.25, 0.3) is 0 Å². The maximum Gasteiger partial charge on any atom is 0.400 e. The zero-order chi connectivity index (χ0) is 24.0. The SMILES string of the molecule is CN(C)c1cccc(S(C)(=O)=NC(=O)c2cn3ccc(-c4noc(C(F)(F)Cl)n4)cc3n2)c1. The normalized spacial score (nSPS) is 13.6. The number of hydrogen-bond acceptors (Lipinski definition) is 7. The number of pyridine rings is 1. The van der Waals surface area contributed by atoms with E-state index in [-0.39, 0.29) is 11.5 Å². The molecule has 0 radical (unpaired) electrons. The van der Waals surface area contributed by atoms with Crippen LogP contribution in [0.5, 0.6) is 0 Å². The van der Waals surface area contributed by atoms with Crippen LogP contribution in [0, 0.1) is 0 Å². The number of rotatable bonds is 5. The maximum absolute atomic E-state index is 13.1. The van der Waals surface area contributed by atoms with Crippen molar-refractivity contribution in [3.8, 4) is 11.4 Å². The molecule has 0 fully saturated rings. The minimum Gasteiger partial charge on any atom is -0.378 e. The van der Waals surface area contributed by atoms with Crippen molar-refractivity contribution in [1.29, 1.82) is 0 Å². The molecular formula is C20H17ClF2N6O3S. The molecule has 172 valence electrons. The second-order valence-corrected chi connectivity index (χ2v) is 10.1. The second kappa shape index (κ2) is 8.19. The van der Waals surface area contributed by atoms with E-state index in [9.17, 15) is 17.8 Å². The summed E-state index contributed by atoms with van der Waals surface area (Å²) in [5, 5.41) is -0.300. The fourth-order valence-electron chi connectivity index (χ4n) is 2.93. The van der Waals surface area contributed by atoms with Gasteiger partial charge in [0.2, 0.25) is 5.82 Å². The van der Waals surface area contributed by atoms with Gasteiger partial charge in [0, 0.05) is 48.9 Å². The summed E-state index contributed by atoms with van der Waals surface area (Å²) < 4.78 is 49.3. The number of anilines is 1. The van der Waals surface area contributed by atoms with Crippen LogP contribution in [0.25, 0.3) is 17.0 Å². The van der Waals surface area contributed by atoms with Crippen LogP contribution >= 0.6 is 11.6 Å². The molecule has 1 amide bonds. The number of hydrogen-bond donors (Lipinski definition) is 0. The first-order valence-corrected chi connectivity index (χ1v) is 11.7. The van der Waals surface area contributed by atoms with Crippen molar-refractivity contribution in [1.82, 2.24) is 19.5 Å². The van der Waals surface area contributed by atoms with Gasteiger partial charge < -0.3 is 13.8 Å². The topological polar surface area (TPSA) is 106 Å². The molecule has 0 N–H and O–H groups in total. The Bertz CT molecular complexity index is 1480. The molecule has 0 saturated heterocycles. The monoisotopic (exact) mass is 494 g/mol. The third-order valence-corrected chi connectivity index (χ3v) is 6.44. The number of benzene rings is 1. The largest absolute Gasteiger partial charge is 0.400 e. The summed E-state index contributed by atoms with van der Waals surface area (Å²) in [7, 11) is 0.665. The average molecular weight is 495 g/mol. The van der Waals surface area contributed by atoms with Crippen LogP contribution in [0.15, 0.2) is 62.6 Å². The van der Waals surface area contributed by atoms with Crippen LogP contribution in [0.3, 0.4) is 0 Å². The number of imidazole rings is 1. The van der Waals surface area contributed by atoms with Crippen LogP contribution in [-0.2, 0) is 15.1 Å². The Kier molecular flexibility index (Phi) is 5.66. The fourth-order valence-corrected chi connectivity index (χ4v) is 4.20. The highest BCUT2D eigenvalue weighted by Crippen LogP contribution is 2.32. The predicted molar refractivity (Wildman–Crippen MR) is 118 cm³/mol. The molecule has 4 aromatic rings. The van der Waals surface area contributed by atoms with Crippen molar-refractivity contribution < 1.29 is 22.3 Å². The molecule has 0 bridgehead atoms. The van der Waals surface area contributed by atoms with Gasteiger partial charge in [0.05, 0.1) is 9.73 Å². The number of halogens is 3. The van der Waals surface area contributed by atoms with E-state index >= 15 is 0 Å². The van der Waals surface area contributed by atoms with Crippen LogP contribution in [0.2, 0.25) is 0 Å². The van der Waals surface area contributed by atoms with Gasteiger partial charge in [-0.25, -0.2) is 9.19 Å². The quantitative estimate of drug-likeness (QED) is 0.385. The highest BCUT2D eigenvalue weighted by Gasteiger charge is 2.35. The summed E-state index contributed by atoms with van der Waals surface area (Å²) >= 11 is 4.89. The first-order chi connectivity index (χ1) is 15.4. The first-order valence-electron chi connectivity index (χ1n) is 9.38. The Balaban J connectivity index is 1.66. The van der Waals surface area contributed by atoms with Gasteiger partial charge in [-0.3, -0.25) is 4.79 Å². The molecule has 13 heteroatoms. The van der Waals surface area contributed by atoms with Crippen molar-refractivity contribution in [2.45, 2.75) is 10.3 Å². The predicted octanol–water partition coefficient (Wildman–Crippen LogP) is 4.04. The molecule has 1 aromatic carbocycles. The van der Waals surface area contributed by atoms with Gasteiger partial charge in [-0.1, -0.05) is 11.2 Å². The van der Waals surface area contributed by atoms with Gasteiger partial charge in [-0.15, -0.1) is 0 Å². The number of alkyl halides is 3. The molecule has 0 aliphatic carbocycles. The van der Waals surface area contributed by atoms with E-state index in [2.05, 4.69) is 24.0 Å². The van der Waals surface area contributed by atoms with Gasteiger partial charge in [-0.2, -0.15) is 18.1 Å². The zero-order valence-electron chi connectivity index (χ0n) is 17.6. The Morgan fingerprint density at radius 1 is 1.24 bits per heavy atom. The molecule has 4 rings (SSSR count). The molecule has 0 aliphatic heterocycles. The molecule has 1 unspecified atom stereocenters. The van der Waals surface area contributed by atoms with Crippen LogP contribution in [0.1, 0.15) is 16.4 Å². The van der Waals surface area contributed by atoms with Gasteiger partial charge >= 0.3 is 17.2 Å². The zero-order valence-corrected chi connectivity index (χ0v) is 19.1. The summed E-state index contributed by atoms with van der Waals surface area (Å²) in [5.74, 6) is -1.91. The highest BCUT2D eigenvalue weighted by molar-refractivity contribution is 7.93. The Morgan fingerprint density at radius 3 is 2.67 bits per heavy atom. The molecule has 9 nitrogen and oxygen atoms in total. The number of fused-ring (bicyclic) bond motifs is 1. The minimum absolute atomic E-state index is 0.0356. The van der Waals surface area contributed by atoms with Crippen molar-refractivity contribution in [2.75, 3.05) is 25.3 Å². The van der Waals surface area contributed by atoms with E-state index in [0.717, 1.165) is 5.69 Å². The number of aromatic nitrogens is 4. The van der Waals surface area contributed by atoms with Crippen LogP contribution in [-0.4, -0.2) is 50.0 Å². The smallest absolute Gasteiger partial charge is 0.378 e. The summed E-state index contributed by atoms with van der Waals surface area (Å²) in [6.07, 6.45) is 4.34. The molecule has 0 spiro atoms. The Morgan fingerprint density at radius 2 is 2.00 bits per heavy atom. The van der Waals surface area contributed by atoms with Gasteiger partial charge in [0.1, 0.15) is 11.3 Å². The van der Waals surface area contributed by atoms with E-state index in [1.165, 1.54) is 35.2 Å². The average Bonchev–Trinajstić information content (AvgIpc) is 3.40. The number of nitrogens with zero attached hydrogens (tertiary/aromatic N) is 6. The third-order valence-electron chi connectivity index (χ3n) is 4.63. The third kappa shape index (κ3) is 4.71. The molecule has 1 atom stereocenters. The summed E-state index contributed by atoms with van der Waals surface area (Å²) in [6, 6.07) is 9.94.